The van der Waals surface area contributed by atoms with E-state index in [4.69, 9.17) is 5.14 Å². The molecule has 29 heavy (non-hydrogen) atoms. The van der Waals surface area contributed by atoms with Crippen LogP contribution >= 0.6 is 11.8 Å². The van der Waals surface area contributed by atoms with Gasteiger partial charge in [-0.05, 0) is 50.3 Å². The Bertz CT molecular complexity index is 1000. The minimum atomic E-state index is -3.79. The Hall–Kier alpha value is -1.58. The lowest BCUT2D eigenvalue weighted by Crippen LogP contribution is -2.46. The number of aryl methyl sites for hydroxylation is 1. The van der Waals surface area contributed by atoms with Crippen LogP contribution in [-0.2, 0) is 21.4 Å². The number of aromatic nitrogens is 2. The van der Waals surface area contributed by atoms with Crippen LogP contribution in [0.1, 0.15) is 47.0 Å². The number of thioether (sulfide) groups is 1. The first kappa shape index (κ1) is 22.1. The van der Waals surface area contributed by atoms with Crippen molar-refractivity contribution in [3.05, 3.63) is 18.2 Å². The van der Waals surface area contributed by atoms with Gasteiger partial charge in [-0.3, -0.25) is 4.79 Å². The molecule has 0 saturated heterocycles. The van der Waals surface area contributed by atoms with Crippen LogP contribution in [0, 0.1) is 11.8 Å². The monoisotopic (exact) mass is 438 g/mol. The summed E-state index contributed by atoms with van der Waals surface area (Å²) in [4.78, 5) is 17.4. The Morgan fingerprint density at radius 3 is 2.76 bits per heavy atom. The van der Waals surface area contributed by atoms with E-state index in [9.17, 15) is 13.2 Å². The van der Waals surface area contributed by atoms with Crippen LogP contribution < -0.4 is 10.5 Å². The number of benzene rings is 1. The number of carbonyl (C=O) groups excluding carboxylic acids is 1. The number of nitrogens with zero attached hydrogens (tertiary/aromatic N) is 2. The van der Waals surface area contributed by atoms with Crippen LogP contribution in [-0.4, -0.2) is 35.2 Å². The molecule has 4 unspecified atom stereocenters. The van der Waals surface area contributed by atoms with Gasteiger partial charge in [-0.1, -0.05) is 38.5 Å². The zero-order chi connectivity index (χ0) is 21.3. The molecule has 1 saturated carbocycles. The Morgan fingerprint density at radius 2 is 2.10 bits per heavy atom. The molecule has 0 aliphatic heterocycles. The maximum absolute atomic E-state index is 12.8. The zero-order valence-corrected chi connectivity index (χ0v) is 19.0. The molecule has 1 amide bonds. The molecule has 1 fully saturated rings. The van der Waals surface area contributed by atoms with Crippen LogP contribution in [0.25, 0.3) is 11.0 Å². The zero-order valence-electron chi connectivity index (χ0n) is 17.4. The lowest BCUT2D eigenvalue weighted by atomic mass is 9.78. The van der Waals surface area contributed by atoms with Gasteiger partial charge < -0.3 is 9.88 Å². The number of nitrogens with two attached hydrogens (primary N) is 1. The minimum Gasteiger partial charge on any atom is -0.352 e. The van der Waals surface area contributed by atoms with E-state index in [0.29, 0.717) is 29.1 Å². The fourth-order valence-corrected chi connectivity index (χ4v) is 5.49. The molecule has 0 spiro atoms. The Kier molecular flexibility index (Phi) is 6.60. The van der Waals surface area contributed by atoms with Gasteiger partial charge in [0.05, 0.1) is 21.2 Å². The third kappa shape index (κ3) is 4.78. The fourth-order valence-electron chi connectivity index (χ4n) is 3.96. The predicted octanol–water partition coefficient (Wildman–Crippen LogP) is 3.13. The number of carbonyl (C=O) groups is 1. The van der Waals surface area contributed by atoms with Crippen molar-refractivity contribution in [3.8, 4) is 0 Å². The molecule has 1 aromatic heterocycles. The van der Waals surface area contributed by atoms with Gasteiger partial charge in [-0.25, -0.2) is 18.5 Å². The van der Waals surface area contributed by atoms with Gasteiger partial charge in [0.15, 0.2) is 5.16 Å². The molecule has 7 nitrogen and oxygen atoms in total. The summed E-state index contributed by atoms with van der Waals surface area (Å²) < 4.78 is 25.2. The lowest BCUT2D eigenvalue weighted by Gasteiger charge is -2.35. The molecule has 1 heterocycles. The van der Waals surface area contributed by atoms with E-state index in [1.165, 1.54) is 30.3 Å². The molecule has 9 heteroatoms. The van der Waals surface area contributed by atoms with Crippen molar-refractivity contribution in [2.75, 3.05) is 0 Å². The van der Waals surface area contributed by atoms with Gasteiger partial charge in [0, 0.05) is 12.6 Å². The number of hydrogen-bond acceptors (Lipinski definition) is 5. The van der Waals surface area contributed by atoms with Crippen LogP contribution in [0.2, 0.25) is 0 Å². The predicted molar refractivity (Wildman–Crippen MR) is 116 cm³/mol. The first-order valence-corrected chi connectivity index (χ1v) is 12.5. The second-order valence-electron chi connectivity index (χ2n) is 7.98. The summed E-state index contributed by atoms with van der Waals surface area (Å²) in [6.07, 6.45) is 3.40. The molecule has 1 aliphatic carbocycles. The minimum absolute atomic E-state index is 0.0147. The fraction of sp³-hybridized carbons (Fsp3) is 0.600. The molecule has 0 bridgehead atoms. The summed E-state index contributed by atoms with van der Waals surface area (Å²) in [5, 5.41) is 8.85. The summed E-state index contributed by atoms with van der Waals surface area (Å²) in [6, 6.07) is 4.90. The van der Waals surface area contributed by atoms with Gasteiger partial charge in [0.1, 0.15) is 0 Å². The standard InChI is InChI=1S/C20H30N4O3S2/c1-5-24-18-10-9-15(29(21,26)27)11-17(18)23-20(24)28-14(4)19(25)22-16-8-6-7-12(2)13(16)3/h9-14,16H,5-8H2,1-4H3,(H,22,25)(H2,21,26,27). The summed E-state index contributed by atoms with van der Waals surface area (Å²) >= 11 is 1.39. The van der Waals surface area contributed by atoms with E-state index >= 15 is 0 Å². The van der Waals surface area contributed by atoms with E-state index in [0.717, 1.165) is 18.4 Å². The number of sulfonamides is 1. The lowest BCUT2D eigenvalue weighted by molar-refractivity contribution is -0.121. The van der Waals surface area contributed by atoms with Crippen LogP contribution in [0.3, 0.4) is 0 Å². The number of nitrogens with one attached hydrogen (secondary N) is 1. The van der Waals surface area contributed by atoms with Gasteiger partial charge in [0.25, 0.3) is 0 Å². The van der Waals surface area contributed by atoms with E-state index in [1.54, 1.807) is 6.07 Å². The third-order valence-electron chi connectivity index (χ3n) is 6.02. The maximum atomic E-state index is 12.8. The molecule has 1 aliphatic rings. The van der Waals surface area contributed by atoms with E-state index in [-0.39, 0.29) is 22.1 Å². The van der Waals surface area contributed by atoms with Crippen LogP contribution in [0.5, 0.6) is 0 Å². The van der Waals surface area contributed by atoms with Crippen molar-refractivity contribution in [3.63, 3.8) is 0 Å². The highest BCUT2D eigenvalue weighted by Crippen LogP contribution is 2.31. The van der Waals surface area contributed by atoms with Crippen molar-refractivity contribution in [1.82, 2.24) is 14.9 Å². The van der Waals surface area contributed by atoms with Gasteiger partial charge in [-0.2, -0.15) is 0 Å². The first-order chi connectivity index (χ1) is 13.6. The molecular formula is C20H30N4O3S2. The van der Waals surface area contributed by atoms with Crippen molar-refractivity contribution in [1.29, 1.82) is 0 Å². The topological polar surface area (TPSA) is 107 Å². The Labute approximate surface area is 176 Å². The molecule has 1 aromatic carbocycles. The van der Waals surface area contributed by atoms with E-state index < -0.39 is 10.0 Å². The van der Waals surface area contributed by atoms with E-state index in [2.05, 4.69) is 24.1 Å². The molecule has 0 radical (unpaired) electrons. The van der Waals surface area contributed by atoms with Crippen molar-refractivity contribution in [2.45, 2.75) is 74.8 Å². The normalized spacial score (nSPS) is 23.8. The Morgan fingerprint density at radius 1 is 1.38 bits per heavy atom. The molecule has 3 rings (SSSR count). The smallest absolute Gasteiger partial charge is 0.238 e. The number of fused-ring (bicyclic) bond motifs is 1. The molecule has 160 valence electrons. The number of rotatable bonds is 6. The van der Waals surface area contributed by atoms with Gasteiger partial charge in [-0.15, -0.1) is 0 Å². The average molecular weight is 439 g/mol. The summed E-state index contributed by atoms with van der Waals surface area (Å²) in [5.74, 6) is 1.11. The third-order valence-corrected chi connectivity index (χ3v) is 8.02. The van der Waals surface area contributed by atoms with Crippen molar-refractivity contribution in [2.24, 2.45) is 17.0 Å². The SMILES string of the molecule is CCn1c(SC(C)C(=O)NC2CCCC(C)C2C)nc2cc(S(N)(=O)=O)ccc21. The van der Waals surface area contributed by atoms with Gasteiger partial charge in [0.2, 0.25) is 15.9 Å². The summed E-state index contributed by atoms with van der Waals surface area (Å²) in [5.41, 5.74) is 1.38. The number of hydrogen-bond donors (Lipinski definition) is 2. The summed E-state index contributed by atoms with van der Waals surface area (Å²) in [6.45, 7) is 9.01. The molecular weight excluding hydrogens is 408 g/mol. The average Bonchev–Trinajstić information content (AvgIpc) is 3.00. The number of imidazole rings is 1. The first-order valence-electron chi connectivity index (χ1n) is 10.1. The highest BCUT2D eigenvalue weighted by atomic mass is 32.2. The summed E-state index contributed by atoms with van der Waals surface area (Å²) in [7, 11) is -3.79. The van der Waals surface area contributed by atoms with Crippen LogP contribution in [0.4, 0.5) is 0 Å². The molecule has 2 aromatic rings. The van der Waals surface area contributed by atoms with Gasteiger partial charge >= 0.3 is 0 Å². The number of primary sulfonamides is 1. The van der Waals surface area contributed by atoms with Crippen LogP contribution in [0.15, 0.2) is 28.3 Å². The highest BCUT2D eigenvalue weighted by Gasteiger charge is 2.30. The largest absolute Gasteiger partial charge is 0.352 e. The molecule has 4 atom stereocenters. The maximum Gasteiger partial charge on any atom is 0.238 e. The second kappa shape index (κ2) is 8.65. The molecule has 3 N–H and O–H groups in total. The highest BCUT2D eigenvalue weighted by molar-refractivity contribution is 8.00. The quantitative estimate of drug-likeness (QED) is 0.674. The van der Waals surface area contributed by atoms with Crippen molar-refractivity contribution < 1.29 is 13.2 Å². The van der Waals surface area contributed by atoms with E-state index in [1.807, 2.05) is 18.4 Å². The second-order valence-corrected chi connectivity index (χ2v) is 10.8. The number of amides is 1. The Balaban J connectivity index is 1.78. The van der Waals surface area contributed by atoms with Crippen molar-refractivity contribution >= 4 is 38.7 Å².